The highest BCUT2D eigenvalue weighted by Crippen LogP contribution is 2.31. The third-order valence-electron chi connectivity index (χ3n) is 4.96. The standard InChI is InChI=1S/C18H26O11/c1-8-2-9(27-16-14(23)13(22)12(21)11(5-19)29-16)4-10(3-8)28-17-15(24)18(25,6-20)7-26-17/h2-4,11-17,19-25H,5-7H2,1H3/t11-,12-,13+,14-,15+,16-,17+,18-/m1/s1. The Morgan fingerprint density at radius 2 is 1.59 bits per heavy atom. The lowest BCUT2D eigenvalue weighted by molar-refractivity contribution is -0.277. The quantitative estimate of drug-likeness (QED) is 0.250. The molecular weight excluding hydrogens is 392 g/mol. The fourth-order valence-corrected chi connectivity index (χ4v) is 3.18. The summed E-state index contributed by atoms with van der Waals surface area (Å²) in [6, 6.07) is 4.59. The molecule has 1 aromatic carbocycles. The first kappa shape index (κ1) is 22.2. The molecule has 2 heterocycles. The van der Waals surface area contributed by atoms with E-state index in [9.17, 15) is 35.7 Å². The molecule has 3 rings (SSSR count). The van der Waals surface area contributed by atoms with Gasteiger partial charge in [0.2, 0.25) is 12.6 Å². The van der Waals surface area contributed by atoms with Gasteiger partial charge in [-0.15, -0.1) is 0 Å². The van der Waals surface area contributed by atoms with Crippen molar-refractivity contribution in [1.82, 2.24) is 0 Å². The summed E-state index contributed by atoms with van der Waals surface area (Å²) in [5, 5.41) is 68.4. The predicted molar refractivity (Wildman–Crippen MR) is 94.0 cm³/mol. The van der Waals surface area contributed by atoms with Crippen LogP contribution in [0.4, 0.5) is 0 Å². The molecule has 2 aliphatic rings. The second-order valence-electron chi connectivity index (χ2n) is 7.30. The van der Waals surface area contributed by atoms with Crippen molar-refractivity contribution in [3.05, 3.63) is 23.8 Å². The summed E-state index contributed by atoms with van der Waals surface area (Å²) in [6.45, 7) is 0.128. The first-order valence-electron chi connectivity index (χ1n) is 9.07. The van der Waals surface area contributed by atoms with Gasteiger partial charge in [-0.1, -0.05) is 0 Å². The maximum Gasteiger partial charge on any atom is 0.229 e. The third kappa shape index (κ3) is 4.48. The van der Waals surface area contributed by atoms with Crippen LogP contribution in [-0.4, -0.2) is 104 Å². The van der Waals surface area contributed by atoms with Gasteiger partial charge in [-0.05, 0) is 24.6 Å². The van der Waals surface area contributed by atoms with Crippen molar-refractivity contribution < 1.29 is 54.7 Å². The summed E-state index contributed by atoms with van der Waals surface area (Å²) in [5.41, 5.74) is -1.16. The molecule has 164 valence electrons. The van der Waals surface area contributed by atoms with Crippen LogP contribution in [0, 0.1) is 6.92 Å². The van der Waals surface area contributed by atoms with Crippen LogP contribution in [0.1, 0.15) is 5.56 Å². The average molecular weight is 418 g/mol. The highest BCUT2D eigenvalue weighted by molar-refractivity contribution is 5.38. The monoisotopic (exact) mass is 418 g/mol. The van der Waals surface area contributed by atoms with E-state index in [0.29, 0.717) is 5.56 Å². The van der Waals surface area contributed by atoms with Crippen LogP contribution >= 0.6 is 0 Å². The van der Waals surface area contributed by atoms with Crippen LogP contribution < -0.4 is 9.47 Å². The largest absolute Gasteiger partial charge is 0.462 e. The molecule has 2 aliphatic heterocycles. The van der Waals surface area contributed by atoms with Gasteiger partial charge >= 0.3 is 0 Å². The fraction of sp³-hybridized carbons (Fsp3) is 0.667. The Morgan fingerprint density at radius 1 is 0.966 bits per heavy atom. The van der Waals surface area contributed by atoms with E-state index in [1.807, 2.05) is 0 Å². The molecule has 8 atom stereocenters. The van der Waals surface area contributed by atoms with Crippen molar-refractivity contribution >= 4 is 0 Å². The van der Waals surface area contributed by atoms with Gasteiger partial charge in [0.1, 0.15) is 47.6 Å². The van der Waals surface area contributed by atoms with Crippen molar-refractivity contribution in [2.45, 2.75) is 55.6 Å². The first-order chi connectivity index (χ1) is 13.7. The molecule has 1 aromatic rings. The Hall–Kier alpha value is -1.54. The minimum Gasteiger partial charge on any atom is -0.462 e. The van der Waals surface area contributed by atoms with Gasteiger partial charge in [0.25, 0.3) is 0 Å². The van der Waals surface area contributed by atoms with E-state index in [1.165, 1.54) is 6.07 Å². The molecule has 2 saturated heterocycles. The maximum absolute atomic E-state index is 10.1. The van der Waals surface area contributed by atoms with E-state index in [2.05, 4.69) is 0 Å². The molecule has 0 radical (unpaired) electrons. The number of rotatable bonds is 6. The molecule has 0 aliphatic carbocycles. The molecular formula is C18H26O11. The number of benzene rings is 1. The molecule has 0 spiro atoms. The molecule has 0 bridgehead atoms. The molecule has 0 saturated carbocycles. The van der Waals surface area contributed by atoms with Crippen LogP contribution in [-0.2, 0) is 9.47 Å². The predicted octanol–water partition coefficient (Wildman–Crippen LogP) is -3.01. The topological polar surface area (TPSA) is 179 Å². The second kappa shape index (κ2) is 8.68. The van der Waals surface area contributed by atoms with Gasteiger partial charge < -0.3 is 54.7 Å². The zero-order valence-electron chi connectivity index (χ0n) is 15.7. The zero-order valence-corrected chi connectivity index (χ0v) is 15.7. The molecule has 7 N–H and O–H groups in total. The first-order valence-corrected chi connectivity index (χ1v) is 9.07. The van der Waals surface area contributed by atoms with Gasteiger partial charge in [-0.25, -0.2) is 0 Å². The molecule has 0 amide bonds. The number of aliphatic hydroxyl groups excluding tert-OH is 6. The van der Waals surface area contributed by atoms with Crippen molar-refractivity contribution in [1.29, 1.82) is 0 Å². The highest BCUT2D eigenvalue weighted by Gasteiger charge is 2.49. The smallest absolute Gasteiger partial charge is 0.229 e. The lowest BCUT2D eigenvalue weighted by Crippen LogP contribution is -2.60. The molecule has 11 heteroatoms. The summed E-state index contributed by atoms with van der Waals surface area (Å²) in [7, 11) is 0. The summed E-state index contributed by atoms with van der Waals surface area (Å²) < 4.78 is 21.6. The van der Waals surface area contributed by atoms with Crippen LogP contribution in [0.3, 0.4) is 0 Å². The SMILES string of the molecule is Cc1cc(O[C@@H]2O[C@H](CO)[C@@H](O)[C@H](O)[C@H]2O)cc(O[C@@H]2OC[C@](O)(CO)[C@H]2O)c1. The molecule has 2 fully saturated rings. The van der Waals surface area contributed by atoms with Gasteiger partial charge in [0.15, 0.2) is 0 Å². The van der Waals surface area contributed by atoms with Crippen LogP contribution in [0.15, 0.2) is 18.2 Å². The second-order valence-corrected chi connectivity index (χ2v) is 7.30. The van der Waals surface area contributed by atoms with E-state index in [0.717, 1.165) is 0 Å². The third-order valence-corrected chi connectivity index (χ3v) is 4.96. The highest BCUT2D eigenvalue weighted by atomic mass is 16.7. The molecule has 29 heavy (non-hydrogen) atoms. The van der Waals surface area contributed by atoms with Crippen LogP contribution in [0.2, 0.25) is 0 Å². The maximum atomic E-state index is 10.1. The van der Waals surface area contributed by atoms with E-state index < -0.39 is 61.9 Å². The van der Waals surface area contributed by atoms with E-state index in [4.69, 9.17) is 18.9 Å². The Morgan fingerprint density at radius 3 is 2.14 bits per heavy atom. The summed E-state index contributed by atoms with van der Waals surface area (Å²) in [5.74, 6) is 0.380. The van der Waals surface area contributed by atoms with Crippen molar-refractivity contribution in [3.63, 3.8) is 0 Å². The van der Waals surface area contributed by atoms with E-state index in [-0.39, 0.29) is 18.1 Å². The molecule has 0 aromatic heterocycles. The minimum absolute atomic E-state index is 0.175. The lowest BCUT2D eigenvalue weighted by atomic mass is 9.99. The number of hydrogen-bond donors (Lipinski definition) is 7. The van der Waals surface area contributed by atoms with Crippen molar-refractivity contribution in [2.24, 2.45) is 0 Å². The molecule has 11 nitrogen and oxygen atoms in total. The number of ether oxygens (including phenoxy) is 4. The zero-order chi connectivity index (χ0) is 21.3. The lowest BCUT2D eigenvalue weighted by Gasteiger charge is -2.39. The molecule has 0 unspecified atom stereocenters. The van der Waals surface area contributed by atoms with E-state index >= 15 is 0 Å². The number of hydrogen-bond acceptors (Lipinski definition) is 11. The van der Waals surface area contributed by atoms with Crippen LogP contribution in [0.5, 0.6) is 11.5 Å². The summed E-state index contributed by atoms with van der Waals surface area (Å²) in [4.78, 5) is 0. The Bertz CT molecular complexity index is 698. The average Bonchev–Trinajstić information content (AvgIpc) is 2.97. The van der Waals surface area contributed by atoms with Crippen molar-refractivity contribution in [2.75, 3.05) is 19.8 Å². The minimum atomic E-state index is -1.83. The van der Waals surface area contributed by atoms with E-state index in [1.54, 1.807) is 19.1 Å². The Labute approximate surface area is 166 Å². The Balaban J connectivity index is 1.73. The van der Waals surface area contributed by atoms with Gasteiger partial charge in [0.05, 0.1) is 19.8 Å². The number of aryl methyl sites for hydroxylation is 1. The summed E-state index contributed by atoms with van der Waals surface area (Å²) in [6.07, 6.45) is -9.85. The fourth-order valence-electron chi connectivity index (χ4n) is 3.18. The van der Waals surface area contributed by atoms with Crippen molar-refractivity contribution in [3.8, 4) is 11.5 Å². The van der Waals surface area contributed by atoms with Gasteiger partial charge in [0, 0.05) is 6.07 Å². The van der Waals surface area contributed by atoms with Gasteiger partial charge in [-0.2, -0.15) is 0 Å². The Kier molecular flexibility index (Phi) is 6.63. The van der Waals surface area contributed by atoms with Gasteiger partial charge in [-0.3, -0.25) is 0 Å². The normalized spacial score (nSPS) is 40.1. The van der Waals surface area contributed by atoms with Crippen LogP contribution in [0.25, 0.3) is 0 Å². The number of aliphatic hydroxyl groups is 7. The summed E-state index contributed by atoms with van der Waals surface area (Å²) >= 11 is 0.